The number of hydrogen-bond acceptors (Lipinski definition) is 5. The van der Waals surface area contributed by atoms with Gasteiger partial charge < -0.3 is 10.1 Å². The van der Waals surface area contributed by atoms with Crippen LogP contribution in [-0.4, -0.2) is 38.2 Å². The maximum absolute atomic E-state index is 13.2. The van der Waals surface area contributed by atoms with E-state index in [1.807, 2.05) is 30.3 Å². The number of carbonyl (C=O) groups excluding carboxylic acids is 2. The Kier molecular flexibility index (Phi) is 7.02. The molecule has 1 heterocycles. The topological polar surface area (TPSA) is 92.8 Å². The number of amides is 2. The molecule has 2 amide bonds. The van der Waals surface area contributed by atoms with Gasteiger partial charge >= 0.3 is 0 Å². The highest BCUT2D eigenvalue weighted by molar-refractivity contribution is 7.99. The summed E-state index contributed by atoms with van der Waals surface area (Å²) in [6.07, 6.45) is 0.725. The average molecular weight is 491 g/mol. The lowest BCUT2D eigenvalue weighted by atomic mass is 10.1. The van der Waals surface area contributed by atoms with Gasteiger partial charge in [-0.15, -0.1) is 0 Å². The molecule has 0 radical (unpaired) electrons. The third kappa shape index (κ3) is 5.12. The van der Waals surface area contributed by atoms with Gasteiger partial charge in [0.15, 0.2) is 0 Å². The Balaban J connectivity index is 1.42. The van der Waals surface area contributed by atoms with Crippen molar-refractivity contribution in [2.75, 3.05) is 13.7 Å². The molecule has 35 heavy (non-hydrogen) atoms. The fourth-order valence-corrected chi connectivity index (χ4v) is 5.76. The molecule has 0 spiro atoms. The number of methoxy groups -OCH3 is 1. The van der Waals surface area contributed by atoms with E-state index in [0.29, 0.717) is 29.0 Å². The number of ether oxygens (including phenoxy) is 1. The fraction of sp³-hybridized carbons (Fsp3) is 0.185. The molecule has 3 aromatic rings. The minimum atomic E-state index is -4.02. The molecule has 0 fully saturated rings. The molecular formula is C27H26N2O5S. The molecule has 0 saturated carbocycles. The first-order valence-electron chi connectivity index (χ1n) is 11.1. The smallest absolute Gasteiger partial charge is 0.268 e. The van der Waals surface area contributed by atoms with Crippen molar-refractivity contribution in [1.29, 1.82) is 0 Å². The Morgan fingerprint density at radius 1 is 0.914 bits per heavy atom. The van der Waals surface area contributed by atoms with E-state index in [2.05, 4.69) is 5.32 Å². The van der Waals surface area contributed by atoms with Gasteiger partial charge in [-0.3, -0.25) is 9.59 Å². The average Bonchev–Trinajstić information content (AvgIpc) is 3.04. The number of sulfonamides is 1. The van der Waals surface area contributed by atoms with Gasteiger partial charge in [0.25, 0.3) is 21.8 Å². The Hall–Kier alpha value is -3.91. The molecule has 3 aromatic carbocycles. The number of carbonyl (C=O) groups is 2. The van der Waals surface area contributed by atoms with E-state index in [4.69, 9.17) is 4.74 Å². The maximum atomic E-state index is 13.2. The molecule has 7 nitrogen and oxygen atoms in total. The van der Waals surface area contributed by atoms with E-state index < -0.39 is 15.9 Å². The molecule has 0 aliphatic carbocycles. The van der Waals surface area contributed by atoms with E-state index in [9.17, 15) is 18.0 Å². The van der Waals surface area contributed by atoms with Crippen LogP contribution in [0.4, 0.5) is 0 Å². The fourth-order valence-electron chi connectivity index (χ4n) is 3.96. The summed E-state index contributed by atoms with van der Waals surface area (Å²) >= 11 is 0. The molecule has 0 unspecified atom stereocenters. The van der Waals surface area contributed by atoms with E-state index in [-0.39, 0.29) is 22.9 Å². The third-order valence-corrected chi connectivity index (χ3v) is 7.81. The van der Waals surface area contributed by atoms with Crippen LogP contribution in [0.3, 0.4) is 0 Å². The van der Waals surface area contributed by atoms with E-state index in [1.54, 1.807) is 48.5 Å². The molecule has 0 aromatic heterocycles. The molecule has 0 saturated heterocycles. The zero-order chi connectivity index (χ0) is 25.0. The van der Waals surface area contributed by atoms with Gasteiger partial charge in [-0.25, -0.2) is 12.7 Å². The molecule has 1 aliphatic heterocycles. The van der Waals surface area contributed by atoms with Gasteiger partial charge in [0.2, 0.25) is 0 Å². The maximum Gasteiger partial charge on any atom is 0.268 e. The predicted molar refractivity (Wildman–Crippen MR) is 134 cm³/mol. The number of benzene rings is 3. The van der Waals surface area contributed by atoms with E-state index in [1.165, 1.54) is 14.0 Å². The minimum absolute atomic E-state index is 0.000401. The van der Waals surface area contributed by atoms with Crippen molar-refractivity contribution in [3.63, 3.8) is 0 Å². The normalized spacial score (nSPS) is 14.8. The largest absolute Gasteiger partial charge is 0.497 e. The van der Waals surface area contributed by atoms with Crippen LogP contribution in [0.15, 0.2) is 84.4 Å². The quantitative estimate of drug-likeness (QED) is 0.519. The third-order valence-electron chi connectivity index (χ3n) is 5.87. The summed E-state index contributed by atoms with van der Waals surface area (Å²) in [5.41, 5.74) is 2.81. The molecule has 4 rings (SSSR count). The van der Waals surface area contributed by atoms with Crippen LogP contribution in [0.1, 0.15) is 34.0 Å². The Bertz CT molecular complexity index is 1360. The molecular weight excluding hydrogens is 464 g/mol. The van der Waals surface area contributed by atoms with Crippen molar-refractivity contribution >= 4 is 26.7 Å². The lowest BCUT2D eigenvalue weighted by molar-refractivity contribution is -0.122. The van der Waals surface area contributed by atoms with Gasteiger partial charge in [0, 0.05) is 17.7 Å². The summed E-state index contributed by atoms with van der Waals surface area (Å²) in [6, 6.07) is 23.0. The molecule has 1 aliphatic rings. The number of hydrogen-bond donors (Lipinski definition) is 1. The summed E-state index contributed by atoms with van der Waals surface area (Å²) < 4.78 is 32.5. The van der Waals surface area contributed by atoms with Crippen molar-refractivity contribution in [3.8, 4) is 5.75 Å². The summed E-state index contributed by atoms with van der Waals surface area (Å²) in [5.74, 6) is -0.176. The summed E-state index contributed by atoms with van der Waals surface area (Å²) in [5, 5.41) is 2.88. The van der Waals surface area contributed by atoms with Crippen LogP contribution in [0.25, 0.3) is 4.91 Å². The lowest BCUT2D eigenvalue weighted by Gasteiger charge is -2.17. The summed E-state index contributed by atoms with van der Waals surface area (Å²) in [7, 11) is -2.49. The zero-order valence-electron chi connectivity index (χ0n) is 19.5. The van der Waals surface area contributed by atoms with Crippen molar-refractivity contribution in [1.82, 2.24) is 9.62 Å². The molecule has 8 heteroatoms. The minimum Gasteiger partial charge on any atom is -0.497 e. The van der Waals surface area contributed by atoms with Gasteiger partial charge in [0.05, 0.1) is 13.7 Å². The van der Waals surface area contributed by atoms with E-state index >= 15 is 0 Å². The summed E-state index contributed by atoms with van der Waals surface area (Å²) in [6.45, 7) is 1.90. The second kappa shape index (κ2) is 10.1. The second-order valence-electron chi connectivity index (χ2n) is 8.19. The van der Waals surface area contributed by atoms with Gasteiger partial charge in [0.1, 0.15) is 10.7 Å². The lowest BCUT2D eigenvalue weighted by Crippen LogP contribution is -2.31. The molecule has 1 N–H and O–H groups in total. The molecule has 0 bridgehead atoms. The summed E-state index contributed by atoms with van der Waals surface area (Å²) in [4.78, 5) is 25.3. The Morgan fingerprint density at radius 3 is 2.20 bits per heavy atom. The first-order valence-corrected chi connectivity index (χ1v) is 12.6. The van der Waals surface area contributed by atoms with Crippen LogP contribution in [0, 0.1) is 0 Å². The monoisotopic (exact) mass is 490 g/mol. The van der Waals surface area contributed by atoms with E-state index in [0.717, 1.165) is 16.3 Å². The highest BCUT2D eigenvalue weighted by Crippen LogP contribution is 2.36. The van der Waals surface area contributed by atoms with Gasteiger partial charge in [-0.2, -0.15) is 0 Å². The second-order valence-corrected chi connectivity index (χ2v) is 9.99. The first kappa shape index (κ1) is 24.2. The van der Waals surface area contributed by atoms with Crippen molar-refractivity contribution in [3.05, 3.63) is 107 Å². The number of nitrogens with one attached hydrogen (secondary N) is 1. The van der Waals surface area contributed by atoms with Crippen LogP contribution in [-0.2, 0) is 27.8 Å². The zero-order valence-corrected chi connectivity index (χ0v) is 20.3. The molecule has 180 valence electrons. The van der Waals surface area contributed by atoms with Crippen LogP contribution >= 0.6 is 0 Å². The van der Waals surface area contributed by atoms with Crippen molar-refractivity contribution in [2.45, 2.75) is 19.9 Å². The highest BCUT2D eigenvalue weighted by atomic mass is 32.2. The van der Waals surface area contributed by atoms with Crippen molar-refractivity contribution in [2.24, 2.45) is 0 Å². The SMILES string of the molecule is COc1ccc(C2=C(C)C(=O)N(Cc3ccc(C(=O)NCCc4ccccc4)cc3)S2(=O)=O)cc1. The Morgan fingerprint density at radius 2 is 1.57 bits per heavy atom. The highest BCUT2D eigenvalue weighted by Gasteiger charge is 2.42. The first-order chi connectivity index (χ1) is 16.8. The van der Waals surface area contributed by atoms with Gasteiger partial charge in [-0.05, 0) is 66.4 Å². The number of rotatable bonds is 8. The predicted octanol–water partition coefficient (Wildman–Crippen LogP) is 3.77. The van der Waals surface area contributed by atoms with Crippen LogP contribution in [0.5, 0.6) is 5.75 Å². The standard InChI is InChI=1S/C27H26N2O5S/c1-19-25(22-12-14-24(34-2)15-13-22)35(32,33)29(27(19)31)18-21-8-10-23(11-9-21)26(30)28-17-16-20-6-4-3-5-7-20/h3-15H,16-18H2,1-2H3,(H,28,30). The Labute approximate surface area is 205 Å². The van der Waals surface area contributed by atoms with Crippen molar-refractivity contribution < 1.29 is 22.7 Å². The number of nitrogens with zero attached hydrogens (tertiary/aromatic N) is 1. The van der Waals surface area contributed by atoms with Crippen LogP contribution < -0.4 is 10.1 Å². The molecule has 0 atom stereocenters. The van der Waals surface area contributed by atoms with Gasteiger partial charge in [-0.1, -0.05) is 42.5 Å². The van der Waals surface area contributed by atoms with Crippen LogP contribution in [0.2, 0.25) is 0 Å².